The highest BCUT2D eigenvalue weighted by molar-refractivity contribution is 5.72. The molecule has 2 heterocycles. The Bertz CT molecular complexity index is 628. The highest BCUT2D eigenvalue weighted by atomic mass is 16.2. The van der Waals surface area contributed by atoms with Gasteiger partial charge in [-0.3, -0.25) is 19.4 Å². The van der Waals surface area contributed by atoms with Crippen LogP contribution in [0, 0.1) is 0 Å². The third-order valence-corrected chi connectivity index (χ3v) is 2.17. The van der Waals surface area contributed by atoms with E-state index in [4.69, 9.17) is 5.73 Å². The molecule has 0 aromatic carbocycles. The molecule has 0 fully saturated rings. The third kappa shape index (κ3) is 1.76. The maximum absolute atomic E-state index is 11.6. The van der Waals surface area contributed by atoms with Crippen molar-refractivity contribution in [2.45, 2.75) is 25.9 Å². The van der Waals surface area contributed by atoms with Gasteiger partial charge in [-0.25, -0.2) is 4.79 Å². The van der Waals surface area contributed by atoms with Gasteiger partial charge in [0.15, 0.2) is 0 Å². The molecule has 0 saturated heterocycles. The molecule has 7 heteroatoms. The highest BCUT2D eigenvalue weighted by Crippen LogP contribution is 2.06. The van der Waals surface area contributed by atoms with Crippen molar-refractivity contribution < 1.29 is 0 Å². The molecule has 0 aliphatic rings. The average Bonchev–Trinajstić information content (AvgIpc) is 2.59. The molecule has 0 spiro atoms. The number of H-pyrrole nitrogens is 2. The van der Waals surface area contributed by atoms with Crippen molar-refractivity contribution in [3.05, 3.63) is 27.0 Å². The Morgan fingerprint density at radius 2 is 2.19 bits per heavy atom. The number of aromatic nitrogens is 4. The Kier molecular flexibility index (Phi) is 2.20. The van der Waals surface area contributed by atoms with E-state index >= 15 is 0 Å². The molecule has 2 aromatic rings. The second-order valence-electron chi connectivity index (χ2n) is 4.47. The van der Waals surface area contributed by atoms with Crippen LogP contribution in [0.3, 0.4) is 0 Å². The van der Waals surface area contributed by atoms with E-state index in [0.717, 1.165) is 0 Å². The Labute approximate surface area is 90.3 Å². The number of nitrogens with zero attached hydrogens (tertiary/aromatic N) is 2. The molecular weight excluding hydrogens is 210 g/mol. The van der Waals surface area contributed by atoms with Gasteiger partial charge in [-0.05, 0) is 13.8 Å². The summed E-state index contributed by atoms with van der Waals surface area (Å²) in [5, 5.41) is 6.73. The van der Waals surface area contributed by atoms with Gasteiger partial charge >= 0.3 is 5.69 Å². The molecule has 0 atom stereocenters. The first kappa shape index (κ1) is 10.6. The van der Waals surface area contributed by atoms with Gasteiger partial charge in [0, 0.05) is 12.1 Å². The van der Waals surface area contributed by atoms with Crippen molar-refractivity contribution in [3.63, 3.8) is 0 Å². The fourth-order valence-electron chi connectivity index (χ4n) is 1.54. The molecule has 4 N–H and O–H groups in total. The zero-order valence-electron chi connectivity index (χ0n) is 9.07. The lowest BCUT2D eigenvalue weighted by molar-refractivity contribution is 0.428. The fourth-order valence-corrected chi connectivity index (χ4v) is 1.54. The first-order valence-corrected chi connectivity index (χ1v) is 4.83. The Balaban J connectivity index is 2.74. The number of nitrogens with two attached hydrogens (primary N) is 1. The van der Waals surface area contributed by atoms with Crippen LogP contribution >= 0.6 is 0 Å². The Hall–Kier alpha value is -1.89. The van der Waals surface area contributed by atoms with E-state index < -0.39 is 16.8 Å². The summed E-state index contributed by atoms with van der Waals surface area (Å²) in [5.74, 6) is 0. The molecule has 0 aliphatic heterocycles. The Morgan fingerprint density at radius 3 is 2.81 bits per heavy atom. The first-order chi connectivity index (χ1) is 7.38. The molecule has 0 saturated carbocycles. The summed E-state index contributed by atoms with van der Waals surface area (Å²) in [6.45, 7) is 3.89. The third-order valence-electron chi connectivity index (χ3n) is 2.17. The van der Waals surface area contributed by atoms with E-state index in [-0.39, 0.29) is 0 Å². The van der Waals surface area contributed by atoms with E-state index in [1.807, 2.05) is 0 Å². The van der Waals surface area contributed by atoms with Crippen molar-refractivity contribution in [2.24, 2.45) is 5.73 Å². The molecule has 0 aliphatic carbocycles. The van der Waals surface area contributed by atoms with Crippen LogP contribution in [0.1, 0.15) is 13.8 Å². The number of hydrogen-bond acceptors (Lipinski definition) is 4. The van der Waals surface area contributed by atoms with E-state index in [0.29, 0.717) is 17.6 Å². The van der Waals surface area contributed by atoms with Gasteiger partial charge < -0.3 is 5.73 Å². The number of fused-ring (bicyclic) bond motifs is 1. The molecule has 0 radical (unpaired) electrons. The molecule has 2 aromatic heterocycles. The highest BCUT2D eigenvalue weighted by Gasteiger charge is 2.16. The van der Waals surface area contributed by atoms with Gasteiger partial charge in [0.1, 0.15) is 11.0 Å². The predicted molar refractivity (Wildman–Crippen MR) is 59.2 cm³/mol. The summed E-state index contributed by atoms with van der Waals surface area (Å²) in [6, 6.07) is 0. The maximum Gasteiger partial charge on any atom is 0.330 e. The van der Waals surface area contributed by atoms with Crippen LogP contribution in [0.4, 0.5) is 0 Å². The standard InChI is InChI=1S/C9H13N5O2/c1-9(2,10)4-14-6-5(3-11-13-6)7(15)12-8(14)16/h3H,4,10H2,1-2H3,(H,11,13)(H,12,15,16). The topological polar surface area (TPSA) is 110 Å². The molecule has 2 rings (SSSR count). The summed E-state index contributed by atoms with van der Waals surface area (Å²) in [4.78, 5) is 25.3. The number of hydrogen-bond donors (Lipinski definition) is 3. The summed E-state index contributed by atoms with van der Waals surface area (Å²) in [5.41, 5.74) is 4.76. The lowest BCUT2D eigenvalue weighted by Crippen LogP contribution is -2.42. The van der Waals surface area contributed by atoms with E-state index in [9.17, 15) is 9.59 Å². The molecule has 0 unspecified atom stereocenters. The number of nitrogens with one attached hydrogen (secondary N) is 2. The second-order valence-corrected chi connectivity index (χ2v) is 4.47. The number of rotatable bonds is 2. The summed E-state index contributed by atoms with van der Waals surface area (Å²) >= 11 is 0. The minimum atomic E-state index is -0.555. The van der Waals surface area contributed by atoms with Crippen LogP contribution in [0.15, 0.2) is 15.8 Å². The summed E-state index contributed by atoms with van der Waals surface area (Å²) in [6.07, 6.45) is 1.38. The summed E-state index contributed by atoms with van der Waals surface area (Å²) < 4.78 is 1.38. The molecular formula is C9H13N5O2. The summed E-state index contributed by atoms with van der Waals surface area (Å²) in [7, 11) is 0. The van der Waals surface area contributed by atoms with Gasteiger partial charge in [0.05, 0.1) is 6.20 Å². The molecule has 7 nitrogen and oxygen atoms in total. The quantitative estimate of drug-likeness (QED) is 0.616. The lowest BCUT2D eigenvalue weighted by Gasteiger charge is -2.19. The van der Waals surface area contributed by atoms with Crippen LogP contribution in [0.25, 0.3) is 11.0 Å². The molecule has 16 heavy (non-hydrogen) atoms. The van der Waals surface area contributed by atoms with Gasteiger partial charge in [0.25, 0.3) is 5.56 Å². The van der Waals surface area contributed by atoms with Crippen LogP contribution in [-0.4, -0.2) is 25.3 Å². The lowest BCUT2D eigenvalue weighted by atomic mass is 10.1. The molecule has 0 bridgehead atoms. The predicted octanol–water partition coefficient (Wildman–Crippen LogP) is -0.850. The first-order valence-electron chi connectivity index (χ1n) is 4.83. The van der Waals surface area contributed by atoms with Crippen LogP contribution in [-0.2, 0) is 6.54 Å². The van der Waals surface area contributed by atoms with Gasteiger partial charge in [-0.15, -0.1) is 0 Å². The van der Waals surface area contributed by atoms with Gasteiger partial charge in [-0.1, -0.05) is 0 Å². The minimum absolute atomic E-state index is 0.293. The van der Waals surface area contributed by atoms with Crippen molar-refractivity contribution in [2.75, 3.05) is 0 Å². The van der Waals surface area contributed by atoms with Crippen molar-refractivity contribution >= 4 is 11.0 Å². The van der Waals surface area contributed by atoms with Crippen molar-refractivity contribution in [1.82, 2.24) is 19.7 Å². The van der Waals surface area contributed by atoms with Crippen LogP contribution < -0.4 is 17.0 Å². The molecule has 0 amide bonds. The van der Waals surface area contributed by atoms with E-state index in [2.05, 4.69) is 15.2 Å². The second kappa shape index (κ2) is 3.31. The van der Waals surface area contributed by atoms with Crippen LogP contribution in [0.5, 0.6) is 0 Å². The fraction of sp³-hybridized carbons (Fsp3) is 0.444. The molecule has 86 valence electrons. The van der Waals surface area contributed by atoms with Crippen molar-refractivity contribution in [3.8, 4) is 0 Å². The smallest absolute Gasteiger partial charge is 0.324 e. The number of aromatic amines is 2. The van der Waals surface area contributed by atoms with E-state index in [1.54, 1.807) is 13.8 Å². The monoisotopic (exact) mass is 223 g/mol. The zero-order chi connectivity index (χ0) is 11.9. The SMILES string of the molecule is CC(C)(N)Cn1c(=O)[nH]c(=O)c2cn[nH]c21. The normalized spacial score (nSPS) is 12.2. The largest absolute Gasteiger partial charge is 0.330 e. The minimum Gasteiger partial charge on any atom is -0.324 e. The van der Waals surface area contributed by atoms with Gasteiger partial charge in [0.2, 0.25) is 0 Å². The maximum atomic E-state index is 11.6. The van der Waals surface area contributed by atoms with Gasteiger partial charge in [-0.2, -0.15) is 5.10 Å². The van der Waals surface area contributed by atoms with E-state index in [1.165, 1.54) is 10.8 Å². The zero-order valence-corrected chi connectivity index (χ0v) is 9.07. The average molecular weight is 223 g/mol. The van der Waals surface area contributed by atoms with Crippen LogP contribution in [0.2, 0.25) is 0 Å². The van der Waals surface area contributed by atoms with Crippen molar-refractivity contribution in [1.29, 1.82) is 0 Å². The Morgan fingerprint density at radius 1 is 1.50 bits per heavy atom.